The molecule has 31 heavy (non-hydrogen) atoms. The van der Waals surface area contributed by atoms with E-state index in [1.54, 1.807) is 13.2 Å². The zero-order valence-corrected chi connectivity index (χ0v) is 17.9. The Morgan fingerprint density at radius 2 is 1.94 bits per heavy atom. The lowest BCUT2D eigenvalue weighted by Gasteiger charge is -2.30. The fourth-order valence-electron chi connectivity index (χ4n) is 3.80. The summed E-state index contributed by atoms with van der Waals surface area (Å²) in [6.07, 6.45) is 1.63. The minimum absolute atomic E-state index is 0.0953. The number of piperidine rings is 1. The molecule has 1 aromatic heterocycles. The van der Waals surface area contributed by atoms with Crippen LogP contribution in [0.4, 0.5) is 11.6 Å². The average Bonchev–Trinajstić information content (AvgIpc) is 2.82. The molecule has 0 atom stereocenters. The van der Waals surface area contributed by atoms with Gasteiger partial charge in [0.05, 0.1) is 29.8 Å². The van der Waals surface area contributed by atoms with Gasteiger partial charge in [0.2, 0.25) is 0 Å². The number of rotatable bonds is 5. The number of nitriles is 2. The Morgan fingerprint density at radius 3 is 2.61 bits per heavy atom. The second-order valence-electron chi connectivity index (χ2n) is 7.46. The van der Waals surface area contributed by atoms with E-state index in [9.17, 15) is 5.26 Å². The predicted molar refractivity (Wildman–Crippen MR) is 120 cm³/mol. The van der Waals surface area contributed by atoms with E-state index in [1.165, 1.54) is 0 Å². The van der Waals surface area contributed by atoms with Crippen molar-refractivity contribution in [2.45, 2.75) is 19.4 Å². The van der Waals surface area contributed by atoms with Crippen LogP contribution >= 0.6 is 11.6 Å². The second kappa shape index (κ2) is 9.07. The van der Waals surface area contributed by atoms with Crippen molar-refractivity contribution in [2.24, 2.45) is 5.92 Å². The summed E-state index contributed by atoms with van der Waals surface area (Å²) in [4.78, 5) is 2.17. The highest BCUT2D eigenvalue weighted by Crippen LogP contribution is 2.32. The van der Waals surface area contributed by atoms with Crippen molar-refractivity contribution >= 4 is 34.0 Å². The fraction of sp³-hybridized carbons (Fsp3) is 0.304. The van der Waals surface area contributed by atoms with E-state index in [2.05, 4.69) is 32.6 Å². The molecule has 2 aromatic carbocycles. The van der Waals surface area contributed by atoms with E-state index in [-0.39, 0.29) is 5.92 Å². The zero-order chi connectivity index (χ0) is 21.8. The number of hydrogen-bond acceptors (Lipinski definition) is 7. The van der Waals surface area contributed by atoms with Crippen molar-refractivity contribution in [1.82, 2.24) is 10.2 Å². The highest BCUT2D eigenvalue weighted by Gasteiger charge is 2.22. The van der Waals surface area contributed by atoms with Crippen LogP contribution in [0, 0.1) is 28.6 Å². The summed E-state index contributed by atoms with van der Waals surface area (Å²) < 4.78 is 5.20. The van der Waals surface area contributed by atoms with Crippen LogP contribution in [0.2, 0.25) is 5.02 Å². The van der Waals surface area contributed by atoms with Gasteiger partial charge in [-0.15, -0.1) is 10.2 Å². The molecule has 4 rings (SSSR count). The predicted octanol–water partition coefficient (Wildman–Crippen LogP) is 4.52. The lowest BCUT2D eigenvalue weighted by molar-refractivity contribution is 0.415. The molecule has 0 saturated carbocycles. The van der Waals surface area contributed by atoms with Crippen LogP contribution in [0.15, 0.2) is 36.4 Å². The van der Waals surface area contributed by atoms with Gasteiger partial charge in [0.1, 0.15) is 5.75 Å². The number of methoxy groups -OCH3 is 1. The molecule has 0 amide bonds. The van der Waals surface area contributed by atoms with Crippen molar-refractivity contribution in [3.63, 3.8) is 0 Å². The first-order valence-corrected chi connectivity index (χ1v) is 10.4. The number of benzene rings is 2. The highest BCUT2D eigenvalue weighted by molar-refractivity contribution is 6.32. The number of nitrogens with one attached hydrogen (secondary N) is 1. The number of fused-ring (bicyclic) bond motifs is 1. The van der Waals surface area contributed by atoms with Crippen LogP contribution in [0.25, 0.3) is 10.8 Å². The summed E-state index contributed by atoms with van der Waals surface area (Å²) in [5, 5.41) is 33.1. The SMILES string of the molecule is COc1ccc(CNc2nnc(N3CCC(C#N)CC3)c3ccc(C#N)cc23)cc1Cl. The van der Waals surface area contributed by atoms with Crippen LogP contribution in [0.1, 0.15) is 24.0 Å². The lowest BCUT2D eigenvalue weighted by atomic mass is 9.98. The Labute approximate surface area is 185 Å². The molecule has 1 aliphatic heterocycles. The largest absolute Gasteiger partial charge is 0.495 e. The van der Waals surface area contributed by atoms with Crippen molar-refractivity contribution in [2.75, 3.05) is 30.4 Å². The van der Waals surface area contributed by atoms with Crippen molar-refractivity contribution in [1.29, 1.82) is 10.5 Å². The molecule has 0 aliphatic carbocycles. The monoisotopic (exact) mass is 432 g/mol. The maximum absolute atomic E-state index is 9.38. The van der Waals surface area contributed by atoms with E-state index in [4.69, 9.17) is 21.6 Å². The van der Waals surface area contributed by atoms with Crippen LogP contribution in [0.3, 0.4) is 0 Å². The van der Waals surface area contributed by atoms with E-state index < -0.39 is 0 Å². The van der Waals surface area contributed by atoms with Gasteiger partial charge in [-0.05, 0) is 48.7 Å². The Morgan fingerprint density at radius 1 is 1.13 bits per heavy atom. The summed E-state index contributed by atoms with van der Waals surface area (Å²) in [5.41, 5.74) is 1.53. The minimum atomic E-state index is 0.0953. The Hall–Kier alpha value is -3.55. The van der Waals surface area contributed by atoms with Gasteiger partial charge in [-0.25, -0.2) is 0 Å². The lowest BCUT2D eigenvalue weighted by Crippen LogP contribution is -2.34. The molecule has 3 aromatic rings. The van der Waals surface area contributed by atoms with Gasteiger partial charge in [-0.1, -0.05) is 17.7 Å². The summed E-state index contributed by atoms with van der Waals surface area (Å²) in [7, 11) is 1.58. The molecule has 0 spiro atoms. The molecular formula is C23H21ClN6O. The summed E-state index contributed by atoms with van der Waals surface area (Å²) >= 11 is 6.23. The molecule has 1 aliphatic rings. The van der Waals surface area contributed by atoms with Crippen molar-refractivity contribution in [3.05, 3.63) is 52.5 Å². The normalized spacial score (nSPS) is 14.1. The van der Waals surface area contributed by atoms with E-state index in [0.29, 0.717) is 28.7 Å². The smallest absolute Gasteiger partial charge is 0.159 e. The average molecular weight is 433 g/mol. The van der Waals surface area contributed by atoms with E-state index >= 15 is 0 Å². The zero-order valence-electron chi connectivity index (χ0n) is 17.1. The molecule has 0 radical (unpaired) electrons. The number of halogens is 1. The number of anilines is 2. The maximum atomic E-state index is 9.38. The van der Waals surface area contributed by atoms with Crippen molar-refractivity contribution < 1.29 is 4.74 Å². The van der Waals surface area contributed by atoms with Gasteiger partial charge in [-0.3, -0.25) is 0 Å². The van der Waals surface area contributed by atoms with Gasteiger partial charge in [0.25, 0.3) is 0 Å². The van der Waals surface area contributed by atoms with Gasteiger partial charge in [0, 0.05) is 36.3 Å². The van der Waals surface area contributed by atoms with Crippen LogP contribution in [0.5, 0.6) is 5.75 Å². The molecular weight excluding hydrogens is 412 g/mol. The molecule has 0 bridgehead atoms. The second-order valence-corrected chi connectivity index (χ2v) is 7.86. The van der Waals surface area contributed by atoms with Gasteiger partial charge < -0.3 is 15.0 Å². The molecule has 0 unspecified atom stereocenters. The van der Waals surface area contributed by atoms with Crippen LogP contribution < -0.4 is 15.0 Å². The molecule has 1 N–H and O–H groups in total. The van der Waals surface area contributed by atoms with E-state index in [1.807, 2.05) is 30.3 Å². The number of nitrogens with zero attached hydrogens (tertiary/aromatic N) is 5. The third-order valence-corrected chi connectivity index (χ3v) is 5.84. The third kappa shape index (κ3) is 4.33. The van der Waals surface area contributed by atoms with Crippen LogP contribution in [-0.4, -0.2) is 30.4 Å². The molecule has 7 nitrogen and oxygen atoms in total. The molecule has 156 valence electrons. The Kier molecular flexibility index (Phi) is 6.06. The number of ether oxygens (including phenoxy) is 1. The minimum Gasteiger partial charge on any atom is -0.495 e. The van der Waals surface area contributed by atoms with E-state index in [0.717, 1.165) is 48.1 Å². The molecule has 2 heterocycles. The molecule has 1 saturated heterocycles. The molecule has 1 fully saturated rings. The third-order valence-electron chi connectivity index (χ3n) is 5.54. The number of hydrogen-bond donors (Lipinski definition) is 1. The highest BCUT2D eigenvalue weighted by atomic mass is 35.5. The summed E-state index contributed by atoms with van der Waals surface area (Å²) in [6.45, 7) is 2.02. The summed E-state index contributed by atoms with van der Waals surface area (Å²) in [5.74, 6) is 2.11. The fourth-order valence-corrected chi connectivity index (χ4v) is 4.08. The first kappa shape index (κ1) is 20.7. The quantitative estimate of drug-likeness (QED) is 0.633. The standard InChI is InChI=1S/C23H21ClN6O/c1-31-21-5-3-17(11-20(21)24)14-27-22-19-10-16(13-26)2-4-18(19)23(29-28-22)30-8-6-15(12-25)7-9-30/h2-5,10-11,15H,6-9,14H2,1H3,(H,27,28). The van der Waals surface area contributed by atoms with Gasteiger partial charge >= 0.3 is 0 Å². The number of aromatic nitrogens is 2. The van der Waals surface area contributed by atoms with Gasteiger partial charge in [0.15, 0.2) is 11.6 Å². The maximum Gasteiger partial charge on any atom is 0.159 e. The summed E-state index contributed by atoms with van der Waals surface area (Å²) in [6, 6.07) is 15.7. The topological polar surface area (TPSA) is 97.9 Å². The first-order valence-electron chi connectivity index (χ1n) is 10.0. The van der Waals surface area contributed by atoms with Crippen LogP contribution in [-0.2, 0) is 6.54 Å². The molecule has 8 heteroatoms. The first-order chi connectivity index (χ1) is 15.1. The van der Waals surface area contributed by atoms with Crippen molar-refractivity contribution in [3.8, 4) is 17.9 Å². The Bertz CT molecular complexity index is 1190. The van der Waals surface area contributed by atoms with Gasteiger partial charge in [-0.2, -0.15) is 10.5 Å². The Balaban J connectivity index is 1.64.